The number of aromatic nitrogens is 2. The Labute approximate surface area is 184 Å². The third-order valence-corrected chi connectivity index (χ3v) is 8.20. The Morgan fingerprint density at radius 1 is 1.18 bits per heavy atom. The number of rotatable bonds is 6. The Balaban J connectivity index is 3.12. The number of alkyl halides is 3. The summed E-state index contributed by atoms with van der Waals surface area (Å²) < 4.78 is 105. The number of halogens is 4. The predicted molar refractivity (Wildman–Crippen MR) is 109 cm³/mol. The van der Waals surface area contributed by atoms with Crippen LogP contribution in [0.4, 0.5) is 23.2 Å². The van der Waals surface area contributed by atoms with Crippen molar-refractivity contribution in [3.63, 3.8) is 0 Å². The number of nitrogens with zero attached hydrogens (tertiary/aromatic N) is 3. The highest BCUT2D eigenvalue weighted by Crippen LogP contribution is 2.38. The fourth-order valence-electron chi connectivity index (χ4n) is 3.07. The normalized spacial score (nSPS) is 12.4. The number of anilines is 1. The number of hydrogen-bond acceptors (Lipinski definition) is 7. The summed E-state index contributed by atoms with van der Waals surface area (Å²) in [6.07, 6.45) is -4.95. The van der Waals surface area contributed by atoms with Crippen molar-refractivity contribution >= 4 is 25.7 Å². The molecule has 1 N–H and O–H groups in total. The summed E-state index contributed by atoms with van der Waals surface area (Å²) in [7, 11) is -8.73. The smallest absolute Gasteiger partial charge is 0.292 e. The van der Waals surface area contributed by atoms with Crippen LogP contribution in [0.2, 0.25) is 0 Å². The summed E-state index contributed by atoms with van der Waals surface area (Å²) in [4.78, 5) is 25.6. The van der Waals surface area contributed by atoms with Crippen LogP contribution in [0.15, 0.2) is 21.7 Å². The van der Waals surface area contributed by atoms with E-state index in [9.17, 15) is 49.2 Å². The second-order valence-corrected chi connectivity index (χ2v) is 10.8. The highest BCUT2D eigenvalue weighted by atomic mass is 32.3. The van der Waals surface area contributed by atoms with Crippen molar-refractivity contribution < 1.29 is 34.4 Å². The lowest BCUT2D eigenvalue weighted by molar-refractivity contribution is -0.143. The Morgan fingerprint density at radius 3 is 2.21 bits per heavy atom. The quantitative estimate of drug-likeness (QED) is 0.573. The lowest BCUT2D eigenvalue weighted by Crippen LogP contribution is -2.38. The largest absolute Gasteiger partial charge is 0.432 e. The summed E-state index contributed by atoms with van der Waals surface area (Å²) in [6.45, 7) is 1.40. The zero-order valence-corrected chi connectivity index (χ0v) is 18.8. The van der Waals surface area contributed by atoms with Crippen LogP contribution in [0.1, 0.15) is 24.6 Å². The molecule has 180 valence electrons. The van der Waals surface area contributed by atoms with Gasteiger partial charge in [-0.2, -0.15) is 22.1 Å². The molecule has 2 aromatic rings. The summed E-state index contributed by atoms with van der Waals surface area (Å²) >= 11 is 0. The molecule has 0 aliphatic carbocycles. The first-order valence-corrected chi connectivity index (χ1v) is 12.3. The molecule has 1 heterocycles. The molecule has 1 aromatic heterocycles. The molecule has 0 bridgehead atoms. The van der Waals surface area contributed by atoms with Crippen LogP contribution < -0.4 is 15.0 Å². The molecule has 33 heavy (non-hydrogen) atoms. The second kappa shape index (κ2) is 8.63. The number of H-pyrrole nitrogens is 1. The van der Waals surface area contributed by atoms with E-state index in [0.717, 1.165) is 0 Å². The minimum absolute atomic E-state index is 0.00376. The molecule has 0 saturated heterocycles. The van der Waals surface area contributed by atoms with Crippen LogP contribution >= 0.6 is 0 Å². The Hall–Kier alpha value is -3.19. The number of nitriles is 1. The first kappa shape index (κ1) is 26.1. The SMILES string of the molecule is CCCS(=O)(=O)N(c1cc(-c2c(C(F)(F)F)n(C)c(=O)[nH]c2=O)c(F)cc1C#N)S(C)(=O)=O. The predicted octanol–water partition coefficient (Wildman–Crippen LogP) is 1.28. The van der Waals surface area contributed by atoms with E-state index < -0.39 is 77.1 Å². The monoisotopic (exact) mass is 512 g/mol. The maximum Gasteiger partial charge on any atom is 0.432 e. The van der Waals surface area contributed by atoms with Gasteiger partial charge in [0, 0.05) is 12.6 Å². The number of aromatic amines is 1. The summed E-state index contributed by atoms with van der Waals surface area (Å²) in [6, 6.07) is 2.03. The third-order valence-electron chi connectivity index (χ3n) is 4.28. The minimum Gasteiger partial charge on any atom is -0.292 e. The lowest BCUT2D eigenvalue weighted by atomic mass is 10.0. The fraction of sp³-hybridized carbons (Fsp3) is 0.353. The van der Waals surface area contributed by atoms with Crippen molar-refractivity contribution in [3.05, 3.63) is 50.0 Å². The molecule has 1 aromatic carbocycles. The van der Waals surface area contributed by atoms with E-state index in [-0.39, 0.29) is 14.7 Å². The third kappa shape index (κ3) is 4.93. The molecule has 16 heteroatoms. The van der Waals surface area contributed by atoms with Gasteiger partial charge in [-0.05, 0) is 18.6 Å². The molecule has 0 aliphatic heterocycles. The van der Waals surface area contributed by atoms with Gasteiger partial charge < -0.3 is 0 Å². The molecule has 0 unspecified atom stereocenters. The number of hydrogen-bond donors (Lipinski definition) is 1. The molecular weight excluding hydrogens is 496 g/mol. The van der Waals surface area contributed by atoms with Gasteiger partial charge in [-0.25, -0.2) is 26.0 Å². The average molecular weight is 512 g/mol. The van der Waals surface area contributed by atoms with E-state index in [0.29, 0.717) is 25.4 Å². The lowest BCUT2D eigenvalue weighted by Gasteiger charge is -2.24. The van der Waals surface area contributed by atoms with Crippen molar-refractivity contribution in [1.82, 2.24) is 9.55 Å². The molecular formula is C17H16F4N4O6S2. The molecule has 0 radical (unpaired) electrons. The first-order valence-electron chi connectivity index (χ1n) is 8.85. The number of sulfonamides is 2. The van der Waals surface area contributed by atoms with Gasteiger partial charge in [0.1, 0.15) is 17.6 Å². The van der Waals surface area contributed by atoms with Crippen LogP contribution in [0.25, 0.3) is 11.1 Å². The van der Waals surface area contributed by atoms with Crippen LogP contribution in [0, 0.1) is 17.1 Å². The Kier molecular flexibility index (Phi) is 6.82. The van der Waals surface area contributed by atoms with Crippen molar-refractivity contribution in [2.75, 3.05) is 15.7 Å². The number of benzene rings is 1. The standard InChI is InChI=1S/C17H16F4N4O6S2/c1-4-5-33(30,31)25(32(3,28)29)12-7-10(11(18)6-9(12)8-22)13-14(17(19,20)21)24(2)16(27)23-15(13)26/h6-7H,4-5H2,1-3H3,(H,23,26,27). The highest BCUT2D eigenvalue weighted by molar-refractivity contribution is 8.09. The van der Waals surface area contributed by atoms with Gasteiger partial charge in [0.15, 0.2) is 0 Å². The van der Waals surface area contributed by atoms with Gasteiger partial charge in [-0.15, -0.1) is 0 Å². The molecule has 0 atom stereocenters. The van der Waals surface area contributed by atoms with E-state index >= 15 is 0 Å². The van der Waals surface area contributed by atoms with Crippen molar-refractivity contribution in [1.29, 1.82) is 5.26 Å². The summed E-state index contributed by atoms with van der Waals surface area (Å²) in [5.74, 6) is -2.29. The molecule has 0 amide bonds. The molecule has 0 fully saturated rings. The molecule has 0 aliphatic rings. The van der Waals surface area contributed by atoms with Crippen molar-refractivity contribution in [2.24, 2.45) is 7.05 Å². The van der Waals surface area contributed by atoms with Crippen molar-refractivity contribution in [2.45, 2.75) is 19.5 Å². The van der Waals surface area contributed by atoms with E-state index in [4.69, 9.17) is 0 Å². The van der Waals surface area contributed by atoms with Crippen LogP contribution in [-0.2, 0) is 33.3 Å². The first-order chi connectivity index (χ1) is 15.0. The van der Waals surface area contributed by atoms with E-state index in [2.05, 4.69) is 0 Å². The van der Waals surface area contributed by atoms with E-state index in [1.165, 1.54) is 13.0 Å². The van der Waals surface area contributed by atoms with Crippen molar-refractivity contribution in [3.8, 4) is 17.2 Å². The minimum atomic E-state index is -5.34. The van der Waals surface area contributed by atoms with Gasteiger partial charge in [-0.3, -0.25) is 14.3 Å². The maximum atomic E-state index is 14.8. The molecule has 10 nitrogen and oxygen atoms in total. The zero-order valence-electron chi connectivity index (χ0n) is 17.2. The average Bonchev–Trinajstić information content (AvgIpc) is 2.63. The summed E-state index contributed by atoms with van der Waals surface area (Å²) in [5, 5.41) is 9.31. The maximum absolute atomic E-state index is 14.8. The van der Waals surface area contributed by atoms with Crippen LogP contribution in [-0.4, -0.2) is 38.4 Å². The zero-order chi connectivity index (χ0) is 25.5. The molecule has 0 spiro atoms. The van der Waals surface area contributed by atoms with Gasteiger partial charge in [-0.1, -0.05) is 6.92 Å². The Bertz CT molecular complexity index is 1490. The fourth-order valence-corrected chi connectivity index (χ4v) is 6.59. The van der Waals surface area contributed by atoms with Crippen LogP contribution in [0.3, 0.4) is 0 Å². The topological polar surface area (TPSA) is 150 Å². The van der Waals surface area contributed by atoms with Gasteiger partial charge >= 0.3 is 11.9 Å². The summed E-state index contributed by atoms with van der Waals surface area (Å²) in [5.41, 5.74) is -9.39. The van der Waals surface area contributed by atoms with E-state index in [1.807, 2.05) is 0 Å². The second-order valence-electron chi connectivity index (χ2n) is 6.78. The highest BCUT2D eigenvalue weighted by Gasteiger charge is 2.40. The van der Waals surface area contributed by atoms with Gasteiger partial charge in [0.05, 0.1) is 28.8 Å². The van der Waals surface area contributed by atoms with Gasteiger partial charge in [0.25, 0.3) is 5.56 Å². The number of nitrogens with one attached hydrogen (secondary N) is 1. The van der Waals surface area contributed by atoms with Crippen LogP contribution in [0.5, 0.6) is 0 Å². The van der Waals surface area contributed by atoms with Gasteiger partial charge in [0.2, 0.25) is 20.0 Å². The molecule has 0 saturated carbocycles. The Morgan fingerprint density at radius 2 is 1.76 bits per heavy atom. The van der Waals surface area contributed by atoms with E-state index in [1.54, 1.807) is 4.98 Å². The molecule has 2 rings (SSSR count).